The van der Waals surface area contributed by atoms with Crippen LogP contribution in [0.3, 0.4) is 0 Å². The quantitative estimate of drug-likeness (QED) is 0.227. The predicted molar refractivity (Wildman–Crippen MR) is 142 cm³/mol. The SMILES string of the molecule is COc1cccc(Oc2ccc(C(=O)c3c[nH]c4ncc(Cl)c(N[C@@H]5CC[C@@H](CO)OC5)c34)c(Cl)c2)c1F. The molecular weight excluding hydrogens is 536 g/mol. The Balaban J connectivity index is 1.43. The molecule has 0 amide bonds. The van der Waals surface area contributed by atoms with Crippen molar-refractivity contribution in [3.8, 4) is 17.2 Å². The van der Waals surface area contributed by atoms with Gasteiger partial charge in [0.2, 0.25) is 5.82 Å². The Bertz CT molecular complexity index is 1490. The number of fused-ring (bicyclic) bond motifs is 1. The van der Waals surface area contributed by atoms with Gasteiger partial charge in [0.1, 0.15) is 11.4 Å². The zero-order chi connectivity index (χ0) is 26.8. The zero-order valence-electron chi connectivity index (χ0n) is 20.3. The number of methoxy groups -OCH3 is 1. The van der Waals surface area contributed by atoms with E-state index in [1.807, 2.05) is 0 Å². The molecule has 1 fully saturated rings. The molecular formula is C27H24Cl2FN3O5. The molecule has 1 aliphatic rings. The molecule has 0 saturated carbocycles. The summed E-state index contributed by atoms with van der Waals surface area (Å²) >= 11 is 13.0. The molecule has 0 unspecified atom stereocenters. The van der Waals surface area contributed by atoms with Crippen LogP contribution >= 0.6 is 23.2 Å². The Morgan fingerprint density at radius 3 is 2.74 bits per heavy atom. The van der Waals surface area contributed by atoms with Gasteiger partial charge in [0.05, 0.1) is 59.3 Å². The first kappa shape index (κ1) is 26.2. The van der Waals surface area contributed by atoms with Crippen molar-refractivity contribution in [2.45, 2.75) is 25.0 Å². The van der Waals surface area contributed by atoms with Crippen molar-refractivity contribution in [3.63, 3.8) is 0 Å². The largest absolute Gasteiger partial charge is 0.494 e. The van der Waals surface area contributed by atoms with Crippen molar-refractivity contribution in [3.05, 3.63) is 75.8 Å². The molecule has 1 aliphatic heterocycles. The van der Waals surface area contributed by atoms with Crippen molar-refractivity contribution in [1.82, 2.24) is 9.97 Å². The monoisotopic (exact) mass is 559 g/mol. The summed E-state index contributed by atoms with van der Waals surface area (Å²) in [7, 11) is 1.36. The second kappa shape index (κ2) is 11.2. The van der Waals surface area contributed by atoms with Crippen LogP contribution in [-0.4, -0.2) is 53.3 Å². The lowest BCUT2D eigenvalue weighted by Gasteiger charge is -2.29. The summed E-state index contributed by atoms with van der Waals surface area (Å²) in [6.45, 7) is 0.364. The highest BCUT2D eigenvalue weighted by molar-refractivity contribution is 6.37. The molecule has 0 aliphatic carbocycles. The van der Waals surface area contributed by atoms with E-state index >= 15 is 0 Å². The van der Waals surface area contributed by atoms with Crippen LogP contribution in [0, 0.1) is 5.82 Å². The van der Waals surface area contributed by atoms with E-state index in [1.165, 1.54) is 43.6 Å². The number of halogens is 3. The van der Waals surface area contributed by atoms with Crippen molar-refractivity contribution in [2.75, 3.05) is 25.6 Å². The maximum atomic E-state index is 14.5. The fourth-order valence-corrected chi connectivity index (χ4v) is 4.86. The molecule has 2 aromatic carbocycles. The Morgan fingerprint density at radius 2 is 2.03 bits per heavy atom. The average molecular weight is 560 g/mol. The highest BCUT2D eigenvalue weighted by atomic mass is 35.5. The number of hydrogen-bond acceptors (Lipinski definition) is 7. The summed E-state index contributed by atoms with van der Waals surface area (Å²) in [5, 5.41) is 13.7. The van der Waals surface area contributed by atoms with Gasteiger partial charge < -0.3 is 29.6 Å². The summed E-state index contributed by atoms with van der Waals surface area (Å²) in [4.78, 5) is 21.0. The maximum Gasteiger partial charge on any atom is 0.207 e. The number of hydrogen-bond donors (Lipinski definition) is 3. The van der Waals surface area contributed by atoms with Crippen LogP contribution in [-0.2, 0) is 4.74 Å². The number of aliphatic hydroxyl groups excluding tert-OH is 1. The number of nitrogens with one attached hydrogen (secondary N) is 2. The summed E-state index contributed by atoms with van der Waals surface area (Å²) in [5.41, 5.74) is 1.59. The first-order valence-corrected chi connectivity index (χ1v) is 12.6. The van der Waals surface area contributed by atoms with E-state index in [4.69, 9.17) is 37.4 Å². The molecule has 38 heavy (non-hydrogen) atoms. The standard InChI is InChI=1S/C27H24Cl2FN3O5/c1-36-21-3-2-4-22(24(21)30)38-15-7-8-17(19(28)9-15)26(35)18-10-31-27-23(18)25(20(29)11-32-27)33-14-5-6-16(12-34)37-13-14/h2-4,7-11,14,16,34H,5-6,12-13H2,1H3,(H2,31,32,33)/t14-,16+/m1/s1. The summed E-state index contributed by atoms with van der Waals surface area (Å²) < 4.78 is 30.8. The number of H-pyrrole nitrogens is 1. The number of carbonyl (C=O) groups excluding carboxylic acids is 1. The predicted octanol–water partition coefficient (Wildman–Crippen LogP) is 5.99. The molecule has 2 atom stereocenters. The van der Waals surface area contributed by atoms with Gasteiger partial charge in [-0.3, -0.25) is 4.79 Å². The molecule has 3 N–H and O–H groups in total. The Kier molecular flexibility index (Phi) is 7.71. The fourth-order valence-electron chi connectivity index (χ4n) is 4.40. The number of carbonyl (C=O) groups is 1. The number of aliphatic hydroxyl groups is 1. The number of aromatic nitrogens is 2. The van der Waals surface area contributed by atoms with Crippen molar-refractivity contribution in [2.24, 2.45) is 0 Å². The van der Waals surface area contributed by atoms with Crippen molar-refractivity contribution in [1.29, 1.82) is 0 Å². The van der Waals surface area contributed by atoms with Crippen LogP contribution in [0.5, 0.6) is 17.2 Å². The third kappa shape index (κ3) is 5.15. The summed E-state index contributed by atoms with van der Waals surface area (Å²) in [6.07, 6.45) is 4.35. The minimum Gasteiger partial charge on any atom is -0.494 e. The lowest BCUT2D eigenvalue weighted by molar-refractivity contribution is -0.0223. The van der Waals surface area contributed by atoms with E-state index in [0.717, 1.165) is 6.42 Å². The van der Waals surface area contributed by atoms with Gasteiger partial charge in [-0.05, 0) is 37.1 Å². The Hall–Kier alpha value is -3.37. The van der Waals surface area contributed by atoms with Crippen LogP contribution in [0.2, 0.25) is 10.0 Å². The minimum atomic E-state index is -0.648. The van der Waals surface area contributed by atoms with Gasteiger partial charge in [-0.2, -0.15) is 4.39 Å². The first-order chi connectivity index (χ1) is 18.4. The molecule has 3 heterocycles. The number of rotatable bonds is 8. The molecule has 198 valence electrons. The number of nitrogens with zero attached hydrogens (tertiary/aromatic N) is 1. The molecule has 0 radical (unpaired) electrons. The highest BCUT2D eigenvalue weighted by Crippen LogP contribution is 2.37. The number of ether oxygens (including phenoxy) is 3. The topological polar surface area (TPSA) is 106 Å². The summed E-state index contributed by atoms with van der Waals surface area (Å²) in [6, 6.07) is 8.99. The lowest BCUT2D eigenvalue weighted by Crippen LogP contribution is -2.36. The van der Waals surface area contributed by atoms with Crippen LogP contribution < -0.4 is 14.8 Å². The number of benzene rings is 2. The first-order valence-electron chi connectivity index (χ1n) is 11.9. The van der Waals surface area contributed by atoms with Gasteiger partial charge in [-0.25, -0.2) is 4.98 Å². The number of aromatic amines is 1. The molecule has 0 spiro atoms. The smallest absolute Gasteiger partial charge is 0.207 e. The normalized spacial score (nSPS) is 17.4. The lowest BCUT2D eigenvalue weighted by atomic mass is 10.0. The van der Waals surface area contributed by atoms with E-state index in [2.05, 4.69) is 15.3 Å². The second-order valence-corrected chi connectivity index (χ2v) is 9.62. The van der Waals surface area contributed by atoms with Gasteiger partial charge in [-0.1, -0.05) is 29.3 Å². The second-order valence-electron chi connectivity index (χ2n) is 8.81. The number of pyridine rings is 1. The third-order valence-corrected chi connectivity index (χ3v) is 6.98. The van der Waals surface area contributed by atoms with Crippen LogP contribution in [0.1, 0.15) is 28.8 Å². The van der Waals surface area contributed by atoms with Crippen LogP contribution in [0.25, 0.3) is 11.0 Å². The third-order valence-electron chi connectivity index (χ3n) is 6.38. The van der Waals surface area contributed by atoms with Gasteiger partial charge in [0.15, 0.2) is 17.3 Å². The van der Waals surface area contributed by atoms with E-state index < -0.39 is 5.82 Å². The molecule has 5 rings (SSSR count). The molecule has 11 heteroatoms. The minimum absolute atomic E-state index is 0.0253. The number of anilines is 1. The zero-order valence-corrected chi connectivity index (χ0v) is 21.8. The van der Waals surface area contributed by atoms with Gasteiger partial charge in [-0.15, -0.1) is 0 Å². The Morgan fingerprint density at radius 1 is 1.21 bits per heavy atom. The average Bonchev–Trinajstić information content (AvgIpc) is 3.36. The summed E-state index contributed by atoms with van der Waals surface area (Å²) in [5.74, 6) is -0.741. The van der Waals surface area contributed by atoms with E-state index in [9.17, 15) is 14.3 Å². The van der Waals surface area contributed by atoms with Crippen LogP contribution in [0.15, 0.2) is 48.8 Å². The highest BCUT2D eigenvalue weighted by Gasteiger charge is 2.26. The molecule has 2 aromatic heterocycles. The van der Waals surface area contributed by atoms with E-state index in [1.54, 1.807) is 12.3 Å². The Labute approximate surface area is 227 Å². The fraction of sp³-hybridized carbons (Fsp3) is 0.259. The van der Waals surface area contributed by atoms with E-state index in [-0.39, 0.29) is 52.4 Å². The van der Waals surface area contributed by atoms with Gasteiger partial charge in [0.25, 0.3) is 0 Å². The van der Waals surface area contributed by atoms with E-state index in [0.29, 0.717) is 40.3 Å². The van der Waals surface area contributed by atoms with Gasteiger partial charge in [0, 0.05) is 23.9 Å². The van der Waals surface area contributed by atoms with Crippen molar-refractivity contribution >= 4 is 45.7 Å². The van der Waals surface area contributed by atoms with Gasteiger partial charge >= 0.3 is 0 Å². The molecule has 0 bridgehead atoms. The van der Waals surface area contributed by atoms with Crippen molar-refractivity contribution < 1.29 is 28.5 Å². The molecule has 8 nitrogen and oxygen atoms in total. The number of ketones is 1. The molecule has 1 saturated heterocycles. The van der Waals surface area contributed by atoms with Crippen LogP contribution in [0.4, 0.5) is 10.1 Å². The molecule has 4 aromatic rings. The maximum absolute atomic E-state index is 14.5.